The molecule has 5 nitrogen and oxygen atoms in total. The van der Waals surface area contributed by atoms with Crippen LogP contribution in [0.4, 0.5) is 8.78 Å². The smallest absolute Gasteiger partial charge is 0.338 e. The Bertz CT molecular complexity index is 1260. The number of methoxy groups -OCH3 is 1. The summed E-state index contributed by atoms with van der Waals surface area (Å²) in [6.45, 7) is 0. The van der Waals surface area contributed by atoms with Gasteiger partial charge in [0.2, 0.25) is 0 Å². The van der Waals surface area contributed by atoms with E-state index in [1.165, 1.54) is 31.4 Å². The van der Waals surface area contributed by atoms with Gasteiger partial charge in [-0.1, -0.05) is 0 Å². The van der Waals surface area contributed by atoms with E-state index < -0.39 is 5.97 Å². The first-order chi connectivity index (χ1) is 14.5. The number of esters is 1. The number of carbonyl (C=O) groups is 1. The SMILES string of the molecule is COC(=O)c1cc(-c2ccc(F)cc2)nc2c1c(C1CC1)nn2-c1ccc(F)cc1. The van der Waals surface area contributed by atoms with Crippen LogP contribution in [0.5, 0.6) is 0 Å². The zero-order chi connectivity index (χ0) is 20.8. The molecule has 0 saturated heterocycles. The van der Waals surface area contributed by atoms with Crippen molar-refractivity contribution < 1.29 is 18.3 Å². The Kier molecular flexibility index (Phi) is 4.31. The summed E-state index contributed by atoms with van der Waals surface area (Å²) in [7, 11) is 1.33. The van der Waals surface area contributed by atoms with E-state index in [2.05, 4.69) is 0 Å². The summed E-state index contributed by atoms with van der Waals surface area (Å²) < 4.78 is 33.5. The lowest BCUT2D eigenvalue weighted by Crippen LogP contribution is -2.05. The summed E-state index contributed by atoms with van der Waals surface area (Å²) in [5.74, 6) is -0.962. The largest absolute Gasteiger partial charge is 0.465 e. The summed E-state index contributed by atoms with van der Waals surface area (Å²) >= 11 is 0. The Balaban J connectivity index is 1.82. The molecular formula is C23H17F2N3O2. The lowest BCUT2D eigenvalue weighted by Gasteiger charge is -2.08. The highest BCUT2D eigenvalue weighted by atomic mass is 19.1. The first-order valence-electron chi connectivity index (χ1n) is 9.59. The van der Waals surface area contributed by atoms with Gasteiger partial charge in [0, 0.05) is 11.5 Å². The fourth-order valence-electron chi connectivity index (χ4n) is 3.59. The minimum absolute atomic E-state index is 0.246. The first kappa shape index (κ1) is 18.4. The van der Waals surface area contributed by atoms with Gasteiger partial charge in [-0.15, -0.1) is 0 Å². The van der Waals surface area contributed by atoms with Crippen molar-refractivity contribution in [3.63, 3.8) is 0 Å². The van der Waals surface area contributed by atoms with E-state index in [0.29, 0.717) is 33.5 Å². The Morgan fingerprint density at radius 1 is 1.03 bits per heavy atom. The van der Waals surface area contributed by atoms with E-state index in [1.807, 2.05) is 0 Å². The molecule has 0 radical (unpaired) electrons. The molecule has 1 fully saturated rings. The van der Waals surface area contributed by atoms with Crippen LogP contribution in [0.3, 0.4) is 0 Å². The van der Waals surface area contributed by atoms with Crippen molar-refractivity contribution in [2.75, 3.05) is 7.11 Å². The highest BCUT2D eigenvalue weighted by Crippen LogP contribution is 2.44. The maximum Gasteiger partial charge on any atom is 0.338 e. The predicted molar refractivity (Wildman–Crippen MR) is 108 cm³/mol. The number of carbonyl (C=O) groups excluding carboxylic acids is 1. The van der Waals surface area contributed by atoms with Gasteiger partial charge in [-0.05, 0) is 67.4 Å². The fraction of sp³-hybridized carbons (Fsp3) is 0.174. The molecular weight excluding hydrogens is 388 g/mol. The van der Waals surface area contributed by atoms with Crippen LogP contribution in [0.15, 0.2) is 54.6 Å². The van der Waals surface area contributed by atoms with E-state index in [1.54, 1.807) is 35.0 Å². The molecule has 1 aliphatic carbocycles. The van der Waals surface area contributed by atoms with Crippen LogP contribution in [0.2, 0.25) is 0 Å². The number of benzene rings is 2. The standard InChI is InChI=1S/C23H17F2N3O2/c1-30-23(29)18-12-19(13-4-6-15(24)7-5-13)26-22-20(18)21(14-2-3-14)27-28(22)17-10-8-16(25)9-11-17/h4-12,14H,2-3H2,1H3. The number of halogens is 2. The summed E-state index contributed by atoms with van der Waals surface area (Å²) in [4.78, 5) is 17.4. The number of nitrogens with zero attached hydrogens (tertiary/aromatic N) is 3. The summed E-state index contributed by atoms with van der Waals surface area (Å²) in [6.07, 6.45) is 1.96. The molecule has 1 aliphatic rings. The maximum absolute atomic E-state index is 13.5. The zero-order valence-corrected chi connectivity index (χ0v) is 16.1. The van der Waals surface area contributed by atoms with Gasteiger partial charge in [0.15, 0.2) is 5.65 Å². The molecule has 150 valence electrons. The molecule has 2 aromatic carbocycles. The third-order valence-electron chi connectivity index (χ3n) is 5.25. The highest BCUT2D eigenvalue weighted by Gasteiger charge is 2.33. The average Bonchev–Trinajstić information content (AvgIpc) is 3.54. The summed E-state index contributed by atoms with van der Waals surface area (Å²) in [6, 6.07) is 13.5. The monoisotopic (exact) mass is 405 g/mol. The topological polar surface area (TPSA) is 57.0 Å². The Hall–Kier alpha value is -3.61. The molecule has 2 heterocycles. The molecule has 0 spiro atoms. The van der Waals surface area contributed by atoms with Gasteiger partial charge in [0.1, 0.15) is 11.6 Å². The van der Waals surface area contributed by atoms with Crippen LogP contribution >= 0.6 is 0 Å². The molecule has 0 unspecified atom stereocenters. The van der Waals surface area contributed by atoms with Gasteiger partial charge < -0.3 is 4.74 Å². The van der Waals surface area contributed by atoms with Crippen molar-refractivity contribution in [1.82, 2.24) is 14.8 Å². The molecule has 0 amide bonds. The lowest BCUT2D eigenvalue weighted by atomic mass is 10.0. The van der Waals surface area contributed by atoms with Gasteiger partial charge in [-0.3, -0.25) is 0 Å². The molecule has 0 aliphatic heterocycles. The second kappa shape index (κ2) is 7.02. The first-order valence-corrected chi connectivity index (χ1v) is 9.59. The van der Waals surface area contributed by atoms with Gasteiger partial charge in [0.05, 0.1) is 35.1 Å². The summed E-state index contributed by atoms with van der Waals surface area (Å²) in [5, 5.41) is 5.38. The molecule has 0 N–H and O–H groups in total. The van der Waals surface area contributed by atoms with Crippen LogP contribution in [0, 0.1) is 11.6 Å². The van der Waals surface area contributed by atoms with E-state index in [0.717, 1.165) is 18.5 Å². The van der Waals surface area contributed by atoms with Gasteiger partial charge in [0.25, 0.3) is 0 Å². The third kappa shape index (κ3) is 3.12. The highest BCUT2D eigenvalue weighted by molar-refractivity contribution is 6.05. The molecule has 4 aromatic rings. The Morgan fingerprint density at radius 2 is 1.67 bits per heavy atom. The van der Waals surface area contributed by atoms with Gasteiger partial charge >= 0.3 is 5.97 Å². The van der Waals surface area contributed by atoms with E-state index in [-0.39, 0.29) is 17.6 Å². The lowest BCUT2D eigenvalue weighted by molar-refractivity contribution is 0.0603. The number of hydrogen-bond donors (Lipinski definition) is 0. The Morgan fingerprint density at radius 3 is 2.27 bits per heavy atom. The van der Waals surface area contributed by atoms with E-state index in [9.17, 15) is 13.6 Å². The van der Waals surface area contributed by atoms with Crippen LogP contribution in [0.25, 0.3) is 28.0 Å². The van der Waals surface area contributed by atoms with Crippen molar-refractivity contribution in [1.29, 1.82) is 0 Å². The molecule has 5 rings (SSSR count). The molecule has 1 saturated carbocycles. The van der Waals surface area contributed by atoms with Crippen LogP contribution in [0.1, 0.15) is 34.8 Å². The third-order valence-corrected chi connectivity index (χ3v) is 5.25. The second-order valence-electron chi connectivity index (χ2n) is 7.30. The van der Waals surface area contributed by atoms with Gasteiger partial charge in [-0.25, -0.2) is 23.2 Å². The van der Waals surface area contributed by atoms with Crippen LogP contribution in [-0.2, 0) is 4.74 Å². The minimum Gasteiger partial charge on any atom is -0.465 e. The Labute approximate surface area is 170 Å². The normalized spacial score (nSPS) is 13.6. The number of aromatic nitrogens is 3. The average molecular weight is 405 g/mol. The quantitative estimate of drug-likeness (QED) is 0.447. The van der Waals surface area contributed by atoms with Crippen molar-refractivity contribution in [3.8, 4) is 16.9 Å². The van der Waals surface area contributed by atoms with Crippen LogP contribution in [-0.4, -0.2) is 27.8 Å². The van der Waals surface area contributed by atoms with E-state index in [4.69, 9.17) is 14.8 Å². The van der Waals surface area contributed by atoms with Crippen molar-refractivity contribution in [2.45, 2.75) is 18.8 Å². The fourth-order valence-corrected chi connectivity index (χ4v) is 3.59. The molecule has 2 aromatic heterocycles. The second-order valence-corrected chi connectivity index (χ2v) is 7.30. The van der Waals surface area contributed by atoms with Gasteiger partial charge in [-0.2, -0.15) is 5.10 Å². The zero-order valence-electron chi connectivity index (χ0n) is 16.1. The van der Waals surface area contributed by atoms with Crippen molar-refractivity contribution in [2.24, 2.45) is 0 Å². The summed E-state index contributed by atoms with van der Waals surface area (Å²) in [5.41, 5.74) is 3.40. The number of ether oxygens (including phenoxy) is 1. The molecule has 0 bridgehead atoms. The number of rotatable bonds is 4. The van der Waals surface area contributed by atoms with Crippen molar-refractivity contribution >= 4 is 17.0 Å². The predicted octanol–water partition coefficient (Wildman–Crippen LogP) is 5.03. The maximum atomic E-state index is 13.5. The molecule has 0 atom stereocenters. The number of fused-ring (bicyclic) bond motifs is 1. The van der Waals surface area contributed by atoms with Crippen molar-refractivity contribution in [3.05, 3.63) is 77.5 Å². The molecule has 30 heavy (non-hydrogen) atoms. The molecule has 7 heteroatoms. The van der Waals surface area contributed by atoms with Crippen LogP contribution < -0.4 is 0 Å². The van der Waals surface area contributed by atoms with E-state index >= 15 is 0 Å². The minimum atomic E-state index is -0.494. The number of hydrogen-bond acceptors (Lipinski definition) is 4. The number of pyridine rings is 1.